The number of halogens is 2. The average molecular weight is 488 g/mol. The number of fused-ring (bicyclic) bond motifs is 1. The monoisotopic (exact) mass is 487 g/mol. The molecule has 0 aliphatic carbocycles. The van der Waals surface area contributed by atoms with Gasteiger partial charge in [-0.2, -0.15) is 0 Å². The van der Waals surface area contributed by atoms with Crippen LogP contribution < -0.4 is 15.8 Å². The van der Waals surface area contributed by atoms with Crippen molar-refractivity contribution in [3.05, 3.63) is 83.9 Å². The highest BCUT2D eigenvalue weighted by Crippen LogP contribution is 2.31. The number of pyridine rings is 1. The Morgan fingerprint density at radius 3 is 2.69 bits per heavy atom. The summed E-state index contributed by atoms with van der Waals surface area (Å²) in [5.41, 5.74) is 10.6. The Hall–Kier alpha value is -4.44. The van der Waals surface area contributed by atoms with Crippen molar-refractivity contribution in [2.24, 2.45) is 5.73 Å². The molecule has 36 heavy (non-hydrogen) atoms. The number of rotatable bonds is 8. The highest BCUT2D eigenvalue weighted by atomic mass is 19.2. The molecule has 8 nitrogen and oxygen atoms in total. The molecule has 4 N–H and O–H groups in total. The van der Waals surface area contributed by atoms with Crippen molar-refractivity contribution >= 4 is 16.7 Å². The largest absolute Gasteiger partial charge is 0.475 e. The van der Waals surface area contributed by atoms with Gasteiger partial charge in [0.2, 0.25) is 5.88 Å². The van der Waals surface area contributed by atoms with Crippen LogP contribution in [0.4, 0.5) is 14.5 Å². The standard InChI is InChI=1S/C26H23F2N7O/c1-15-4-2-7-20(32-15)26-25(34-22(35-26)13-30-19-6-3-5-17(27)24(19)28)16-8-9-18-21(12-16)33-23(14-31-18)36-11-10-29/h2-9,12,14,30H,10-11,13,29H2,1H3,(H,34,35). The van der Waals surface area contributed by atoms with Gasteiger partial charge in [-0.05, 0) is 43.3 Å². The van der Waals surface area contributed by atoms with Crippen LogP contribution in [0.15, 0.2) is 60.8 Å². The number of ether oxygens (including phenoxy) is 1. The first-order valence-corrected chi connectivity index (χ1v) is 11.3. The zero-order valence-electron chi connectivity index (χ0n) is 19.4. The van der Waals surface area contributed by atoms with Gasteiger partial charge in [0.05, 0.1) is 40.9 Å². The van der Waals surface area contributed by atoms with Crippen LogP contribution in [-0.2, 0) is 6.54 Å². The normalized spacial score (nSPS) is 11.1. The summed E-state index contributed by atoms with van der Waals surface area (Å²) in [6.45, 7) is 2.76. The number of aromatic amines is 1. The van der Waals surface area contributed by atoms with Crippen molar-refractivity contribution in [1.82, 2.24) is 24.9 Å². The maximum atomic E-state index is 14.1. The average Bonchev–Trinajstić information content (AvgIpc) is 3.32. The van der Waals surface area contributed by atoms with E-state index in [1.165, 1.54) is 12.1 Å². The van der Waals surface area contributed by atoms with E-state index in [2.05, 4.69) is 25.3 Å². The first-order chi connectivity index (χ1) is 17.5. The van der Waals surface area contributed by atoms with Crippen LogP contribution >= 0.6 is 0 Å². The molecule has 0 radical (unpaired) electrons. The van der Waals surface area contributed by atoms with Gasteiger partial charge in [0, 0.05) is 17.8 Å². The summed E-state index contributed by atoms with van der Waals surface area (Å²) < 4.78 is 33.2. The highest BCUT2D eigenvalue weighted by Gasteiger charge is 2.17. The van der Waals surface area contributed by atoms with Gasteiger partial charge in [0.1, 0.15) is 18.1 Å². The third-order valence-electron chi connectivity index (χ3n) is 5.46. The molecule has 10 heteroatoms. The number of aryl methyl sites for hydroxylation is 1. The van der Waals surface area contributed by atoms with Crippen LogP contribution in [0, 0.1) is 18.6 Å². The number of hydrogen-bond acceptors (Lipinski definition) is 7. The Labute approximate surface area is 205 Å². The van der Waals surface area contributed by atoms with Crippen LogP contribution in [0.3, 0.4) is 0 Å². The lowest BCUT2D eigenvalue weighted by Gasteiger charge is -2.07. The topological polar surface area (TPSA) is 115 Å². The number of aromatic nitrogens is 5. The van der Waals surface area contributed by atoms with E-state index in [0.29, 0.717) is 53.0 Å². The van der Waals surface area contributed by atoms with Crippen molar-refractivity contribution in [2.75, 3.05) is 18.5 Å². The number of hydrogen-bond donors (Lipinski definition) is 3. The minimum Gasteiger partial charge on any atom is -0.475 e. The highest BCUT2D eigenvalue weighted by molar-refractivity contribution is 5.85. The number of anilines is 1. The van der Waals surface area contributed by atoms with Crippen molar-refractivity contribution in [3.63, 3.8) is 0 Å². The smallest absolute Gasteiger partial charge is 0.232 e. The van der Waals surface area contributed by atoms with Gasteiger partial charge in [-0.1, -0.05) is 18.2 Å². The van der Waals surface area contributed by atoms with Crippen LogP contribution in [0.5, 0.6) is 5.88 Å². The van der Waals surface area contributed by atoms with E-state index in [9.17, 15) is 8.78 Å². The van der Waals surface area contributed by atoms with Crippen molar-refractivity contribution in [2.45, 2.75) is 13.5 Å². The summed E-state index contributed by atoms with van der Waals surface area (Å²) in [6, 6.07) is 15.3. The fourth-order valence-electron chi connectivity index (χ4n) is 3.78. The summed E-state index contributed by atoms with van der Waals surface area (Å²) >= 11 is 0. The number of nitrogens with two attached hydrogens (primary N) is 1. The number of benzene rings is 2. The Balaban J connectivity index is 1.54. The molecule has 5 rings (SSSR count). The second kappa shape index (κ2) is 10.0. The molecule has 0 aliphatic rings. The lowest BCUT2D eigenvalue weighted by atomic mass is 10.1. The van der Waals surface area contributed by atoms with Gasteiger partial charge >= 0.3 is 0 Å². The Bertz CT molecular complexity index is 1540. The molecule has 0 unspecified atom stereocenters. The van der Waals surface area contributed by atoms with Crippen molar-refractivity contribution < 1.29 is 13.5 Å². The van der Waals surface area contributed by atoms with Gasteiger partial charge in [0.15, 0.2) is 11.6 Å². The summed E-state index contributed by atoms with van der Waals surface area (Å²) in [5.74, 6) is -0.946. The van der Waals surface area contributed by atoms with Gasteiger partial charge in [0.25, 0.3) is 0 Å². The Morgan fingerprint density at radius 1 is 1.00 bits per heavy atom. The minimum atomic E-state index is -0.939. The third-order valence-corrected chi connectivity index (χ3v) is 5.46. The van der Waals surface area contributed by atoms with Crippen LogP contribution in [0.25, 0.3) is 33.7 Å². The lowest BCUT2D eigenvalue weighted by molar-refractivity contribution is 0.315. The predicted molar refractivity (Wildman–Crippen MR) is 133 cm³/mol. The Kier molecular flexibility index (Phi) is 6.50. The van der Waals surface area contributed by atoms with Crippen molar-refractivity contribution in [1.29, 1.82) is 0 Å². The molecule has 3 heterocycles. The summed E-state index contributed by atoms with van der Waals surface area (Å²) in [6.07, 6.45) is 1.56. The van der Waals surface area contributed by atoms with Gasteiger partial charge in [-0.3, -0.25) is 4.98 Å². The molecule has 0 atom stereocenters. The number of H-pyrrole nitrogens is 1. The lowest BCUT2D eigenvalue weighted by Crippen LogP contribution is -2.11. The zero-order valence-corrected chi connectivity index (χ0v) is 19.4. The van der Waals surface area contributed by atoms with Gasteiger partial charge < -0.3 is 20.8 Å². The fourth-order valence-corrected chi connectivity index (χ4v) is 3.78. The molecular weight excluding hydrogens is 464 g/mol. The van der Waals surface area contributed by atoms with Gasteiger partial charge in [-0.25, -0.2) is 23.7 Å². The van der Waals surface area contributed by atoms with E-state index in [1.54, 1.807) is 6.20 Å². The first kappa shape index (κ1) is 23.3. The minimum absolute atomic E-state index is 0.0502. The molecule has 0 amide bonds. The molecule has 3 aromatic heterocycles. The quantitative estimate of drug-likeness (QED) is 0.293. The summed E-state index contributed by atoms with van der Waals surface area (Å²) in [7, 11) is 0. The SMILES string of the molecule is Cc1cccc(-c2nc(CNc3cccc(F)c3F)[nH]c2-c2ccc3ncc(OCCN)nc3c2)n1. The number of nitrogens with one attached hydrogen (secondary N) is 2. The van der Waals surface area contributed by atoms with E-state index in [0.717, 1.165) is 17.3 Å². The zero-order chi connectivity index (χ0) is 25.1. The fraction of sp³-hybridized carbons (Fsp3) is 0.154. The molecule has 0 saturated carbocycles. The molecule has 0 spiro atoms. The summed E-state index contributed by atoms with van der Waals surface area (Å²) in [5, 5.41) is 2.90. The summed E-state index contributed by atoms with van der Waals surface area (Å²) in [4.78, 5) is 21.6. The molecule has 0 bridgehead atoms. The van der Waals surface area contributed by atoms with E-state index in [4.69, 9.17) is 15.5 Å². The third kappa shape index (κ3) is 4.84. The second-order valence-electron chi connectivity index (χ2n) is 8.08. The molecule has 182 valence electrons. The van der Waals surface area contributed by atoms with Crippen molar-refractivity contribution in [3.8, 4) is 28.5 Å². The number of imidazole rings is 1. The van der Waals surface area contributed by atoms with Crippen LogP contribution in [-0.4, -0.2) is 38.1 Å². The first-order valence-electron chi connectivity index (χ1n) is 11.3. The maximum Gasteiger partial charge on any atom is 0.232 e. The number of nitrogens with zero attached hydrogens (tertiary/aromatic N) is 4. The van der Waals surface area contributed by atoms with E-state index < -0.39 is 11.6 Å². The van der Waals surface area contributed by atoms with E-state index >= 15 is 0 Å². The molecular formula is C26H23F2N7O. The predicted octanol–water partition coefficient (Wildman–Crippen LogP) is 4.62. The van der Waals surface area contributed by atoms with E-state index in [1.807, 2.05) is 43.3 Å². The molecule has 5 aromatic rings. The second-order valence-corrected chi connectivity index (χ2v) is 8.08. The molecule has 0 saturated heterocycles. The van der Waals surface area contributed by atoms with Gasteiger partial charge in [-0.15, -0.1) is 0 Å². The van der Waals surface area contributed by atoms with Crippen LogP contribution in [0.1, 0.15) is 11.5 Å². The molecule has 2 aromatic carbocycles. The molecule has 0 aliphatic heterocycles. The molecule has 0 fully saturated rings. The van der Waals surface area contributed by atoms with E-state index in [-0.39, 0.29) is 12.2 Å². The Morgan fingerprint density at radius 2 is 1.86 bits per heavy atom. The van der Waals surface area contributed by atoms with Crippen LogP contribution in [0.2, 0.25) is 0 Å². The maximum absolute atomic E-state index is 14.1.